The number of aromatic nitrogens is 2. The van der Waals surface area contributed by atoms with Crippen molar-refractivity contribution < 1.29 is 13.9 Å². The number of nitrogens with zero attached hydrogens (tertiary/aromatic N) is 2. The summed E-state index contributed by atoms with van der Waals surface area (Å²) in [5, 5.41) is 13.1. The quantitative estimate of drug-likeness (QED) is 0.820. The second kappa shape index (κ2) is 7.06. The van der Waals surface area contributed by atoms with Gasteiger partial charge < -0.3 is 14.5 Å². The first-order chi connectivity index (χ1) is 10.3. The fraction of sp³-hybridized carbons (Fsp3) is 0.462. The van der Waals surface area contributed by atoms with Crippen molar-refractivity contribution in [2.45, 2.75) is 24.2 Å². The number of thioether (sulfide) groups is 1. The van der Waals surface area contributed by atoms with Gasteiger partial charge in [-0.15, -0.1) is 21.5 Å². The maximum Gasteiger partial charge on any atom is 0.277 e. The van der Waals surface area contributed by atoms with E-state index in [-0.39, 0.29) is 17.8 Å². The van der Waals surface area contributed by atoms with Crippen LogP contribution in [-0.2, 0) is 9.53 Å². The largest absolute Gasteiger partial charge is 0.410 e. The molecule has 2 aromatic rings. The number of hydrogen-bond donors (Lipinski definition) is 1. The van der Waals surface area contributed by atoms with Gasteiger partial charge in [0.15, 0.2) is 0 Å². The zero-order valence-corrected chi connectivity index (χ0v) is 12.9. The Hall–Kier alpha value is -1.38. The SMILES string of the molecule is O=C(CSc1nnc(-c2cccs2)o1)NC[C@@H]1CCCO1. The van der Waals surface area contributed by atoms with Gasteiger partial charge in [-0.25, -0.2) is 0 Å². The highest BCUT2D eigenvalue weighted by molar-refractivity contribution is 7.99. The minimum atomic E-state index is -0.0497. The van der Waals surface area contributed by atoms with Gasteiger partial charge in [0.1, 0.15) is 0 Å². The van der Waals surface area contributed by atoms with Crippen molar-refractivity contribution in [3.63, 3.8) is 0 Å². The summed E-state index contributed by atoms with van der Waals surface area (Å²) < 4.78 is 11.0. The highest BCUT2D eigenvalue weighted by Crippen LogP contribution is 2.26. The van der Waals surface area contributed by atoms with E-state index in [1.54, 1.807) is 0 Å². The van der Waals surface area contributed by atoms with Crippen molar-refractivity contribution in [1.82, 2.24) is 15.5 Å². The maximum absolute atomic E-state index is 11.7. The molecule has 6 nitrogen and oxygen atoms in total. The molecule has 112 valence electrons. The molecule has 3 rings (SSSR count). The van der Waals surface area contributed by atoms with E-state index in [1.807, 2.05) is 17.5 Å². The van der Waals surface area contributed by atoms with Crippen LogP contribution < -0.4 is 5.32 Å². The third kappa shape index (κ3) is 4.05. The van der Waals surface area contributed by atoms with Gasteiger partial charge >= 0.3 is 0 Å². The van der Waals surface area contributed by atoms with Crippen LogP contribution in [0.25, 0.3) is 10.8 Å². The maximum atomic E-state index is 11.7. The van der Waals surface area contributed by atoms with E-state index in [4.69, 9.17) is 9.15 Å². The number of thiophene rings is 1. The lowest BCUT2D eigenvalue weighted by Gasteiger charge is -2.09. The number of hydrogen-bond acceptors (Lipinski definition) is 7. The third-order valence-electron chi connectivity index (χ3n) is 3.02. The molecule has 2 aromatic heterocycles. The Kier molecular flexibility index (Phi) is 4.89. The number of carbonyl (C=O) groups excluding carboxylic acids is 1. The molecule has 0 unspecified atom stereocenters. The predicted octanol–water partition coefficient (Wildman–Crippen LogP) is 2.19. The van der Waals surface area contributed by atoms with Gasteiger partial charge in [0, 0.05) is 13.2 Å². The van der Waals surface area contributed by atoms with Crippen molar-refractivity contribution in [2.24, 2.45) is 0 Å². The van der Waals surface area contributed by atoms with Crippen molar-refractivity contribution >= 4 is 29.0 Å². The van der Waals surface area contributed by atoms with E-state index >= 15 is 0 Å². The first-order valence-electron chi connectivity index (χ1n) is 6.70. The van der Waals surface area contributed by atoms with Crippen LogP contribution in [0.2, 0.25) is 0 Å². The minimum Gasteiger partial charge on any atom is -0.410 e. The Labute approximate surface area is 130 Å². The van der Waals surface area contributed by atoms with Gasteiger partial charge in [0.05, 0.1) is 16.7 Å². The van der Waals surface area contributed by atoms with Gasteiger partial charge in [-0.2, -0.15) is 0 Å². The third-order valence-corrected chi connectivity index (χ3v) is 4.69. The van der Waals surface area contributed by atoms with Gasteiger partial charge in [0.2, 0.25) is 5.91 Å². The molecule has 1 atom stereocenters. The molecule has 0 spiro atoms. The Morgan fingerprint density at radius 2 is 2.48 bits per heavy atom. The van der Waals surface area contributed by atoms with Crippen LogP contribution in [0.15, 0.2) is 27.2 Å². The standard InChI is InChI=1S/C13H15N3O3S2/c17-11(14-7-9-3-1-5-18-9)8-21-13-16-15-12(19-13)10-4-2-6-20-10/h2,4,6,9H,1,3,5,7-8H2,(H,14,17)/t9-/m0/s1. The van der Waals surface area contributed by atoms with Crippen LogP contribution in [0, 0.1) is 0 Å². The summed E-state index contributed by atoms with van der Waals surface area (Å²) in [6, 6.07) is 3.84. The summed E-state index contributed by atoms with van der Waals surface area (Å²) in [6.07, 6.45) is 2.25. The molecule has 21 heavy (non-hydrogen) atoms. The second-order valence-corrected chi connectivity index (χ2v) is 6.45. The molecule has 3 heterocycles. The average Bonchev–Trinajstić information content (AvgIpc) is 3.24. The number of carbonyl (C=O) groups is 1. The molecule has 1 N–H and O–H groups in total. The van der Waals surface area contributed by atoms with E-state index in [0.717, 1.165) is 24.3 Å². The van der Waals surface area contributed by atoms with Crippen LogP contribution in [0.5, 0.6) is 0 Å². The summed E-state index contributed by atoms with van der Waals surface area (Å²) in [4.78, 5) is 12.7. The zero-order chi connectivity index (χ0) is 14.5. The molecule has 0 bridgehead atoms. The summed E-state index contributed by atoms with van der Waals surface area (Å²) in [5.41, 5.74) is 0. The van der Waals surface area contributed by atoms with Crippen LogP contribution >= 0.6 is 23.1 Å². The van der Waals surface area contributed by atoms with E-state index in [0.29, 0.717) is 17.7 Å². The molecule has 0 radical (unpaired) electrons. The molecule has 0 aliphatic carbocycles. The summed E-state index contributed by atoms with van der Waals surface area (Å²) in [7, 11) is 0. The molecule has 1 aliphatic heterocycles. The molecular weight excluding hydrogens is 310 g/mol. The molecule has 1 fully saturated rings. The fourth-order valence-corrected chi connectivity index (χ4v) is 3.22. The Morgan fingerprint density at radius 3 is 3.24 bits per heavy atom. The molecular formula is C13H15N3O3S2. The monoisotopic (exact) mass is 325 g/mol. The van der Waals surface area contributed by atoms with Gasteiger partial charge in [-0.1, -0.05) is 17.8 Å². The summed E-state index contributed by atoms with van der Waals surface area (Å²) in [5.74, 6) is 0.706. The van der Waals surface area contributed by atoms with Crippen molar-refractivity contribution in [3.05, 3.63) is 17.5 Å². The minimum absolute atomic E-state index is 0.0497. The lowest BCUT2D eigenvalue weighted by molar-refractivity contribution is -0.119. The van der Waals surface area contributed by atoms with Crippen molar-refractivity contribution in [2.75, 3.05) is 18.9 Å². The highest BCUT2D eigenvalue weighted by atomic mass is 32.2. The van der Waals surface area contributed by atoms with Gasteiger partial charge in [-0.05, 0) is 24.3 Å². The molecule has 0 aromatic carbocycles. The molecule has 1 saturated heterocycles. The van der Waals surface area contributed by atoms with Gasteiger partial charge in [0.25, 0.3) is 11.1 Å². The molecule has 1 aliphatic rings. The molecule has 1 amide bonds. The van der Waals surface area contributed by atoms with E-state index in [1.165, 1.54) is 23.1 Å². The first kappa shape index (κ1) is 14.6. The lowest BCUT2D eigenvalue weighted by atomic mass is 10.2. The van der Waals surface area contributed by atoms with E-state index in [2.05, 4.69) is 15.5 Å². The highest BCUT2D eigenvalue weighted by Gasteiger charge is 2.17. The van der Waals surface area contributed by atoms with E-state index in [9.17, 15) is 4.79 Å². The van der Waals surface area contributed by atoms with Crippen molar-refractivity contribution in [1.29, 1.82) is 0 Å². The van der Waals surface area contributed by atoms with Gasteiger partial charge in [-0.3, -0.25) is 4.79 Å². The number of rotatable bonds is 6. The molecule has 8 heteroatoms. The number of ether oxygens (including phenoxy) is 1. The van der Waals surface area contributed by atoms with Crippen molar-refractivity contribution in [3.8, 4) is 10.8 Å². The first-order valence-corrected chi connectivity index (χ1v) is 8.56. The van der Waals surface area contributed by atoms with Crippen LogP contribution in [-0.4, -0.2) is 41.1 Å². The number of amides is 1. The Balaban J connectivity index is 1.43. The summed E-state index contributed by atoms with van der Waals surface area (Å²) in [6.45, 7) is 1.37. The molecule has 0 saturated carbocycles. The van der Waals surface area contributed by atoms with E-state index < -0.39 is 0 Å². The Morgan fingerprint density at radius 1 is 1.52 bits per heavy atom. The van der Waals surface area contributed by atoms with Crippen LogP contribution in [0.1, 0.15) is 12.8 Å². The summed E-state index contributed by atoms with van der Waals surface area (Å²) >= 11 is 2.78. The second-order valence-electron chi connectivity index (χ2n) is 4.58. The lowest BCUT2D eigenvalue weighted by Crippen LogP contribution is -2.32. The smallest absolute Gasteiger partial charge is 0.277 e. The Bertz CT molecular complexity index is 579. The topological polar surface area (TPSA) is 77.2 Å². The normalized spacial score (nSPS) is 18.0. The average molecular weight is 325 g/mol. The van der Waals surface area contributed by atoms with Crippen LogP contribution in [0.4, 0.5) is 0 Å². The fourth-order valence-electron chi connectivity index (χ4n) is 1.98. The predicted molar refractivity (Wildman–Crippen MR) is 80.3 cm³/mol. The van der Waals surface area contributed by atoms with Crippen LogP contribution in [0.3, 0.4) is 0 Å². The number of nitrogens with one attached hydrogen (secondary N) is 1. The zero-order valence-electron chi connectivity index (χ0n) is 11.3.